The van der Waals surface area contributed by atoms with Crippen LogP contribution in [-0.2, 0) is 11.3 Å². The van der Waals surface area contributed by atoms with Crippen LogP contribution in [0.3, 0.4) is 0 Å². The molecular formula is C21H22N4O4S2. The summed E-state index contributed by atoms with van der Waals surface area (Å²) in [4.78, 5) is 18.2. The average molecular weight is 459 g/mol. The highest BCUT2D eigenvalue weighted by Gasteiger charge is 2.28. The Labute approximate surface area is 188 Å². The number of carbonyl (C=O) groups is 1. The summed E-state index contributed by atoms with van der Waals surface area (Å²) in [6, 6.07) is 11.7. The molecule has 0 bridgehead atoms. The molecule has 0 spiro atoms. The quantitative estimate of drug-likeness (QED) is 0.522. The van der Waals surface area contributed by atoms with E-state index < -0.39 is 6.10 Å². The molecule has 0 N–H and O–H groups in total. The maximum Gasteiger partial charge on any atom is 0.277 e. The predicted molar refractivity (Wildman–Crippen MR) is 117 cm³/mol. The Hall–Kier alpha value is -2.56. The maximum atomic E-state index is 12.6. The van der Waals surface area contributed by atoms with Crippen LogP contribution in [0.1, 0.15) is 16.9 Å². The number of ether oxygens (including phenoxy) is 2. The van der Waals surface area contributed by atoms with Crippen LogP contribution in [0, 0.1) is 0 Å². The summed E-state index contributed by atoms with van der Waals surface area (Å²) < 4.78 is 17.3. The lowest BCUT2D eigenvalue weighted by Crippen LogP contribution is -2.48. The highest BCUT2D eigenvalue weighted by molar-refractivity contribution is 7.99. The van der Waals surface area contributed by atoms with Crippen molar-refractivity contribution in [3.63, 3.8) is 0 Å². The Morgan fingerprint density at radius 2 is 1.94 bits per heavy atom. The largest absolute Gasteiger partial charge is 0.485 e. The van der Waals surface area contributed by atoms with Crippen molar-refractivity contribution in [2.75, 3.05) is 38.5 Å². The monoisotopic (exact) mass is 458 g/mol. The van der Waals surface area contributed by atoms with Crippen LogP contribution in [0.2, 0.25) is 0 Å². The van der Waals surface area contributed by atoms with E-state index in [0.717, 1.165) is 32.7 Å². The van der Waals surface area contributed by atoms with Crippen LogP contribution in [0.5, 0.6) is 11.5 Å². The van der Waals surface area contributed by atoms with Gasteiger partial charge in [0.25, 0.3) is 11.1 Å². The molecule has 31 heavy (non-hydrogen) atoms. The number of para-hydroxylation sites is 2. The van der Waals surface area contributed by atoms with E-state index in [-0.39, 0.29) is 11.7 Å². The summed E-state index contributed by atoms with van der Waals surface area (Å²) >= 11 is 3.03. The second-order valence-electron chi connectivity index (χ2n) is 7.30. The van der Waals surface area contributed by atoms with Crippen LogP contribution in [0.15, 0.2) is 51.4 Å². The van der Waals surface area contributed by atoms with Gasteiger partial charge in [0.15, 0.2) is 11.5 Å². The zero-order chi connectivity index (χ0) is 21.0. The minimum Gasteiger partial charge on any atom is -0.485 e. The summed E-state index contributed by atoms with van der Waals surface area (Å²) in [5.41, 5.74) is 0. The van der Waals surface area contributed by atoms with Gasteiger partial charge in [0, 0.05) is 37.6 Å². The third-order valence-electron chi connectivity index (χ3n) is 5.21. The van der Waals surface area contributed by atoms with E-state index in [4.69, 9.17) is 13.9 Å². The van der Waals surface area contributed by atoms with Crippen molar-refractivity contribution in [1.82, 2.24) is 20.0 Å². The number of nitrogens with zero attached hydrogens (tertiary/aromatic N) is 4. The first-order chi connectivity index (χ1) is 15.2. The topological polar surface area (TPSA) is 80.9 Å². The van der Waals surface area contributed by atoms with Gasteiger partial charge in [0.2, 0.25) is 12.0 Å². The number of aromatic nitrogens is 2. The molecule has 5 rings (SSSR count). The number of carbonyl (C=O) groups excluding carboxylic acids is 1. The molecule has 0 saturated carbocycles. The number of piperazine rings is 1. The Bertz CT molecular complexity index is 1020. The van der Waals surface area contributed by atoms with Crippen LogP contribution in [0.25, 0.3) is 0 Å². The molecule has 0 radical (unpaired) electrons. The zero-order valence-corrected chi connectivity index (χ0v) is 18.4. The van der Waals surface area contributed by atoms with Gasteiger partial charge in [-0.25, -0.2) is 0 Å². The molecule has 10 heteroatoms. The van der Waals surface area contributed by atoms with Gasteiger partial charge < -0.3 is 18.8 Å². The second kappa shape index (κ2) is 9.29. The SMILES string of the molecule is O=C(CSc1nnc([C@H]2COc3ccccc3O2)o1)N1CCN(Cc2cccs2)CC1. The van der Waals surface area contributed by atoms with Crippen molar-refractivity contribution < 1.29 is 18.7 Å². The molecule has 1 saturated heterocycles. The van der Waals surface area contributed by atoms with E-state index >= 15 is 0 Å². The molecule has 162 valence electrons. The summed E-state index contributed by atoms with van der Waals surface area (Å²) in [7, 11) is 0. The van der Waals surface area contributed by atoms with Gasteiger partial charge in [-0.05, 0) is 23.6 Å². The fourth-order valence-corrected chi connectivity index (χ4v) is 4.96. The number of hydrogen-bond donors (Lipinski definition) is 0. The van der Waals surface area contributed by atoms with Crippen molar-refractivity contribution in [2.24, 2.45) is 0 Å². The van der Waals surface area contributed by atoms with Crippen molar-refractivity contribution in [3.8, 4) is 11.5 Å². The molecule has 1 fully saturated rings. The van der Waals surface area contributed by atoms with Crippen molar-refractivity contribution >= 4 is 29.0 Å². The molecule has 1 atom stereocenters. The van der Waals surface area contributed by atoms with Gasteiger partial charge in [-0.2, -0.15) is 0 Å². The molecule has 1 amide bonds. The Morgan fingerprint density at radius 1 is 1.10 bits per heavy atom. The van der Waals surface area contributed by atoms with Crippen molar-refractivity contribution in [1.29, 1.82) is 0 Å². The Balaban J connectivity index is 1.09. The van der Waals surface area contributed by atoms with E-state index in [9.17, 15) is 4.79 Å². The van der Waals surface area contributed by atoms with E-state index in [1.54, 1.807) is 11.3 Å². The second-order valence-corrected chi connectivity index (χ2v) is 9.25. The van der Waals surface area contributed by atoms with Gasteiger partial charge >= 0.3 is 0 Å². The van der Waals surface area contributed by atoms with Gasteiger partial charge in [0.1, 0.15) is 6.61 Å². The third-order valence-corrected chi connectivity index (χ3v) is 6.87. The van der Waals surface area contributed by atoms with Crippen molar-refractivity contribution in [2.45, 2.75) is 17.9 Å². The van der Waals surface area contributed by atoms with Gasteiger partial charge in [-0.3, -0.25) is 9.69 Å². The van der Waals surface area contributed by atoms with Gasteiger partial charge in [-0.1, -0.05) is 30.0 Å². The number of amides is 1. The lowest BCUT2D eigenvalue weighted by atomic mass is 10.2. The zero-order valence-electron chi connectivity index (χ0n) is 16.8. The standard InChI is InChI=1S/C21H22N4O4S2/c26-19(25-9-7-24(8-10-25)12-15-4-3-11-30-15)14-31-21-23-22-20(29-21)18-13-27-16-5-1-2-6-17(16)28-18/h1-6,11,18H,7-10,12-14H2/t18-/m1/s1. The highest BCUT2D eigenvalue weighted by Crippen LogP contribution is 2.36. The van der Waals surface area contributed by atoms with Crippen LogP contribution in [0.4, 0.5) is 0 Å². The van der Waals surface area contributed by atoms with E-state index in [1.165, 1.54) is 16.6 Å². The lowest BCUT2D eigenvalue weighted by molar-refractivity contribution is -0.130. The van der Waals surface area contributed by atoms with Crippen molar-refractivity contribution in [3.05, 3.63) is 52.5 Å². The normalized spacial score (nSPS) is 18.8. The molecule has 4 heterocycles. The number of rotatable bonds is 6. The molecular weight excluding hydrogens is 436 g/mol. The first kappa shape index (κ1) is 20.3. The Morgan fingerprint density at radius 3 is 2.74 bits per heavy atom. The average Bonchev–Trinajstić information content (AvgIpc) is 3.50. The fourth-order valence-electron chi connectivity index (χ4n) is 3.54. The number of fused-ring (bicyclic) bond motifs is 1. The van der Waals surface area contributed by atoms with Gasteiger partial charge in [0.05, 0.1) is 5.75 Å². The maximum absolute atomic E-state index is 12.6. The molecule has 3 aromatic rings. The van der Waals surface area contributed by atoms with E-state index in [1.807, 2.05) is 29.2 Å². The summed E-state index contributed by atoms with van der Waals surface area (Å²) in [5, 5.41) is 10.6. The first-order valence-electron chi connectivity index (χ1n) is 10.1. The minimum absolute atomic E-state index is 0.0895. The first-order valence-corrected chi connectivity index (χ1v) is 12.0. The molecule has 8 nitrogen and oxygen atoms in total. The van der Waals surface area contributed by atoms with Crippen LogP contribution < -0.4 is 9.47 Å². The summed E-state index contributed by atoms with van der Waals surface area (Å²) in [6.45, 7) is 4.52. The summed E-state index contributed by atoms with van der Waals surface area (Å²) in [6.07, 6.45) is -0.455. The third kappa shape index (κ3) is 4.86. The number of hydrogen-bond acceptors (Lipinski definition) is 9. The number of benzene rings is 1. The predicted octanol–water partition coefficient (Wildman–Crippen LogP) is 3.08. The minimum atomic E-state index is -0.455. The van der Waals surface area contributed by atoms with Crippen LogP contribution in [-0.4, -0.2) is 64.4 Å². The molecule has 0 aliphatic carbocycles. The molecule has 2 aliphatic heterocycles. The number of thioether (sulfide) groups is 1. The number of thiophene rings is 1. The highest BCUT2D eigenvalue weighted by atomic mass is 32.2. The van der Waals surface area contributed by atoms with Crippen LogP contribution >= 0.6 is 23.1 Å². The fraction of sp³-hybridized carbons (Fsp3) is 0.381. The smallest absolute Gasteiger partial charge is 0.277 e. The lowest BCUT2D eigenvalue weighted by Gasteiger charge is -2.34. The molecule has 2 aromatic heterocycles. The summed E-state index contributed by atoms with van der Waals surface area (Å²) in [5.74, 6) is 2.07. The molecule has 0 unspecified atom stereocenters. The van der Waals surface area contributed by atoms with E-state index in [0.29, 0.717) is 29.2 Å². The molecule has 2 aliphatic rings. The van der Waals surface area contributed by atoms with E-state index in [2.05, 4.69) is 32.6 Å². The molecule has 1 aromatic carbocycles. The Kier molecular flexibility index (Phi) is 6.10. The van der Waals surface area contributed by atoms with Gasteiger partial charge in [-0.15, -0.1) is 21.5 Å².